The maximum atomic E-state index is 12.0. The van der Waals surface area contributed by atoms with Crippen LogP contribution in [0.4, 0.5) is 0 Å². The summed E-state index contributed by atoms with van der Waals surface area (Å²) in [5.74, 6) is 0. The smallest absolute Gasteiger partial charge is 0.305 e. The van der Waals surface area contributed by atoms with E-state index in [-0.39, 0.29) is 5.69 Å². The van der Waals surface area contributed by atoms with Gasteiger partial charge in [-0.25, -0.2) is 4.79 Å². The van der Waals surface area contributed by atoms with Crippen LogP contribution in [0.2, 0.25) is 10.0 Å². The molecule has 3 rings (SSSR count). The highest BCUT2D eigenvalue weighted by Gasteiger charge is 2.10. The lowest BCUT2D eigenvalue weighted by atomic mass is 10.2. The summed E-state index contributed by atoms with van der Waals surface area (Å²) in [6.45, 7) is 0.498. The van der Waals surface area contributed by atoms with Gasteiger partial charge in [-0.15, -0.1) is 0 Å². The minimum absolute atomic E-state index is 0.169. The van der Waals surface area contributed by atoms with E-state index in [4.69, 9.17) is 23.2 Å². The zero-order valence-corrected chi connectivity index (χ0v) is 11.4. The van der Waals surface area contributed by atoms with Gasteiger partial charge in [-0.05, 0) is 17.7 Å². The molecule has 0 fully saturated rings. The van der Waals surface area contributed by atoms with Gasteiger partial charge in [0.1, 0.15) is 0 Å². The average Bonchev–Trinajstić information content (AvgIpc) is 2.68. The number of hydrogen-bond acceptors (Lipinski definition) is 1. The van der Waals surface area contributed by atoms with Gasteiger partial charge in [-0.2, -0.15) is 0 Å². The number of hydrogen-bond donors (Lipinski definition) is 1. The Morgan fingerprint density at radius 2 is 1.74 bits per heavy atom. The van der Waals surface area contributed by atoms with Crippen molar-refractivity contribution in [2.24, 2.45) is 0 Å². The van der Waals surface area contributed by atoms with E-state index in [1.54, 1.807) is 16.7 Å². The Balaban J connectivity index is 2.16. The molecule has 0 aliphatic rings. The lowest BCUT2D eigenvalue weighted by Gasteiger charge is -2.04. The van der Waals surface area contributed by atoms with Gasteiger partial charge in [0, 0.05) is 0 Å². The Labute approximate surface area is 119 Å². The molecule has 2 aromatic carbocycles. The summed E-state index contributed by atoms with van der Waals surface area (Å²) in [6, 6.07) is 13.2. The van der Waals surface area contributed by atoms with Crippen molar-refractivity contribution in [2.75, 3.05) is 0 Å². The standard InChI is InChI=1S/C14H10Cl2N2O/c15-10-6-12-13(7-11(10)16)18(14(19)17-12)8-9-4-2-1-3-5-9/h1-7H,8H2,(H,17,19). The van der Waals surface area contributed by atoms with Crippen molar-refractivity contribution < 1.29 is 0 Å². The van der Waals surface area contributed by atoms with Crippen LogP contribution in [-0.2, 0) is 6.54 Å². The van der Waals surface area contributed by atoms with Crippen molar-refractivity contribution in [2.45, 2.75) is 6.54 Å². The number of nitrogens with zero attached hydrogens (tertiary/aromatic N) is 1. The molecule has 5 heteroatoms. The summed E-state index contributed by atoms with van der Waals surface area (Å²) >= 11 is 12.0. The third-order valence-corrected chi connectivity index (χ3v) is 3.72. The molecule has 96 valence electrons. The first kappa shape index (κ1) is 12.3. The molecule has 1 heterocycles. The van der Waals surface area contributed by atoms with Crippen LogP contribution in [0.3, 0.4) is 0 Å². The second-order valence-corrected chi connectivity index (χ2v) is 5.10. The molecule has 3 aromatic rings. The maximum absolute atomic E-state index is 12.0. The van der Waals surface area contributed by atoms with Gasteiger partial charge in [0.15, 0.2) is 0 Å². The number of rotatable bonds is 2. The van der Waals surface area contributed by atoms with Gasteiger partial charge >= 0.3 is 5.69 Å². The molecule has 0 spiro atoms. The Morgan fingerprint density at radius 3 is 2.47 bits per heavy atom. The molecule has 0 aliphatic carbocycles. The van der Waals surface area contributed by atoms with Gasteiger partial charge in [-0.1, -0.05) is 53.5 Å². The summed E-state index contributed by atoms with van der Waals surface area (Å²) in [5.41, 5.74) is 2.33. The first-order chi connectivity index (χ1) is 9.15. The first-order valence-electron chi connectivity index (χ1n) is 5.76. The molecule has 0 bridgehead atoms. The first-order valence-corrected chi connectivity index (χ1v) is 6.52. The van der Waals surface area contributed by atoms with E-state index in [1.807, 2.05) is 30.3 Å². The van der Waals surface area contributed by atoms with Crippen LogP contribution < -0.4 is 5.69 Å². The molecule has 3 nitrogen and oxygen atoms in total. The van der Waals surface area contributed by atoms with E-state index in [1.165, 1.54) is 0 Å². The van der Waals surface area contributed by atoms with Crippen LogP contribution in [0, 0.1) is 0 Å². The Bertz CT molecular complexity index is 790. The van der Waals surface area contributed by atoms with E-state index in [9.17, 15) is 4.79 Å². The van der Waals surface area contributed by atoms with Crippen molar-refractivity contribution >= 4 is 34.2 Å². The van der Waals surface area contributed by atoms with Crippen LogP contribution in [0.25, 0.3) is 11.0 Å². The van der Waals surface area contributed by atoms with E-state index >= 15 is 0 Å². The SMILES string of the molecule is O=c1[nH]c2cc(Cl)c(Cl)cc2n1Cc1ccccc1. The molecule has 19 heavy (non-hydrogen) atoms. The molecule has 1 aromatic heterocycles. The van der Waals surface area contributed by atoms with E-state index in [2.05, 4.69) is 4.98 Å². The van der Waals surface area contributed by atoms with E-state index in [0.717, 1.165) is 11.1 Å². The van der Waals surface area contributed by atoms with E-state index in [0.29, 0.717) is 22.1 Å². The molecule has 0 unspecified atom stereocenters. The highest BCUT2D eigenvalue weighted by Crippen LogP contribution is 2.26. The Hall–Kier alpha value is -1.71. The highest BCUT2D eigenvalue weighted by molar-refractivity contribution is 6.42. The van der Waals surface area contributed by atoms with Crippen molar-refractivity contribution in [3.63, 3.8) is 0 Å². The minimum atomic E-state index is -0.169. The van der Waals surface area contributed by atoms with Crippen LogP contribution in [0.15, 0.2) is 47.3 Å². The van der Waals surface area contributed by atoms with Gasteiger partial charge in [-0.3, -0.25) is 4.57 Å². The number of aromatic nitrogens is 2. The van der Waals surface area contributed by atoms with Gasteiger partial charge in [0.25, 0.3) is 0 Å². The van der Waals surface area contributed by atoms with Crippen molar-refractivity contribution in [3.05, 3.63) is 68.6 Å². The van der Waals surface area contributed by atoms with Crippen molar-refractivity contribution in [1.29, 1.82) is 0 Å². The van der Waals surface area contributed by atoms with Crippen molar-refractivity contribution in [1.82, 2.24) is 9.55 Å². The van der Waals surface area contributed by atoms with Crippen LogP contribution in [0.5, 0.6) is 0 Å². The summed E-state index contributed by atoms with van der Waals surface area (Å²) in [6.07, 6.45) is 0. The third kappa shape index (κ3) is 2.27. The largest absolute Gasteiger partial charge is 0.326 e. The Kier molecular flexibility index (Phi) is 3.09. The zero-order valence-electron chi connectivity index (χ0n) is 9.86. The minimum Gasteiger partial charge on any atom is -0.305 e. The maximum Gasteiger partial charge on any atom is 0.326 e. The number of benzene rings is 2. The molecule has 0 radical (unpaired) electrons. The molecular formula is C14H10Cl2N2O. The number of halogens is 2. The summed E-state index contributed by atoms with van der Waals surface area (Å²) in [5, 5.41) is 0.872. The lowest BCUT2D eigenvalue weighted by Crippen LogP contribution is -2.17. The normalized spacial score (nSPS) is 11.1. The molecule has 0 atom stereocenters. The molecular weight excluding hydrogens is 283 g/mol. The summed E-state index contributed by atoms with van der Waals surface area (Å²) in [7, 11) is 0. The fourth-order valence-corrected chi connectivity index (χ4v) is 2.40. The molecule has 0 amide bonds. The fraction of sp³-hybridized carbons (Fsp3) is 0.0714. The van der Waals surface area contributed by atoms with Crippen molar-refractivity contribution in [3.8, 4) is 0 Å². The lowest BCUT2D eigenvalue weighted by molar-refractivity contribution is 0.787. The third-order valence-electron chi connectivity index (χ3n) is 3.00. The van der Waals surface area contributed by atoms with E-state index < -0.39 is 0 Å². The number of imidazole rings is 1. The molecule has 0 saturated heterocycles. The predicted molar refractivity (Wildman–Crippen MR) is 78.1 cm³/mol. The summed E-state index contributed by atoms with van der Waals surface area (Å²) < 4.78 is 1.65. The monoisotopic (exact) mass is 292 g/mol. The fourth-order valence-electron chi connectivity index (χ4n) is 2.07. The number of fused-ring (bicyclic) bond motifs is 1. The second kappa shape index (κ2) is 4.76. The number of H-pyrrole nitrogens is 1. The van der Waals surface area contributed by atoms with Crippen LogP contribution in [0.1, 0.15) is 5.56 Å². The van der Waals surface area contributed by atoms with Crippen LogP contribution >= 0.6 is 23.2 Å². The number of nitrogens with one attached hydrogen (secondary N) is 1. The summed E-state index contributed by atoms with van der Waals surface area (Å²) in [4.78, 5) is 14.8. The number of aromatic amines is 1. The van der Waals surface area contributed by atoms with Crippen LogP contribution in [-0.4, -0.2) is 9.55 Å². The van der Waals surface area contributed by atoms with Gasteiger partial charge < -0.3 is 4.98 Å². The predicted octanol–water partition coefficient (Wildman–Crippen LogP) is 3.68. The molecule has 0 saturated carbocycles. The average molecular weight is 293 g/mol. The van der Waals surface area contributed by atoms with Gasteiger partial charge in [0.05, 0.1) is 27.6 Å². The molecule has 1 N–H and O–H groups in total. The molecule has 0 aliphatic heterocycles. The quantitative estimate of drug-likeness (QED) is 0.769. The Morgan fingerprint density at radius 1 is 1.05 bits per heavy atom. The highest BCUT2D eigenvalue weighted by atomic mass is 35.5. The second-order valence-electron chi connectivity index (χ2n) is 4.29. The zero-order chi connectivity index (χ0) is 13.4. The van der Waals surface area contributed by atoms with Gasteiger partial charge in [0.2, 0.25) is 0 Å². The topological polar surface area (TPSA) is 37.8 Å².